The van der Waals surface area contributed by atoms with Crippen molar-refractivity contribution in [3.05, 3.63) is 30.5 Å². The molecule has 0 amide bonds. The van der Waals surface area contributed by atoms with Gasteiger partial charge in [-0.05, 0) is 45.0 Å². The van der Waals surface area contributed by atoms with Gasteiger partial charge in [0.15, 0.2) is 0 Å². The SMILES string of the molecule is CC(=O)CCn1ccc2cc(OC(C)C)ccc21. The highest BCUT2D eigenvalue weighted by Gasteiger charge is 2.04. The Morgan fingerprint density at radius 2 is 2.11 bits per heavy atom. The van der Waals surface area contributed by atoms with E-state index in [0.29, 0.717) is 6.42 Å². The second-order valence-electron chi connectivity index (χ2n) is 4.85. The summed E-state index contributed by atoms with van der Waals surface area (Å²) in [5.74, 6) is 1.11. The van der Waals surface area contributed by atoms with E-state index in [1.807, 2.05) is 38.2 Å². The number of Topliss-reactive ketones (excluding diaryl/α,β-unsaturated/α-hetero) is 1. The van der Waals surface area contributed by atoms with Crippen LogP contribution in [0.1, 0.15) is 27.2 Å². The molecule has 0 N–H and O–H groups in total. The summed E-state index contributed by atoms with van der Waals surface area (Å²) in [6.45, 7) is 6.40. The zero-order chi connectivity index (χ0) is 13.1. The van der Waals surface area contributed by atoms with Crippen LogP contribution in [0.5, 0.6) is 5.75 Å². The fourth-order valence-electron chi connectivity index (χ4n) is 2.00. The largest absolute Gasteiger partial charge is 0.491 e. The van der Waals surface area contributed by atoms with Crippen molar-refractivity contribution in [2.24, 2.45) is 0 Å². The predicted octanol–water partition coefficient (Wildman–Crippen LogP) is 3.41. The Balaban J connectivity index is 2.23. The third-order valence-electron chi connectivity index (χ3n) is 2.82. The zero-order valence-corrected chi connectivity index (χ0v) is 11.1. The third-order valence-corrected chi connectivity index (χ3v) is 2.82. The molecule has 96 valence electrons. The molecule has 0 fully saturated rings. The molecule has 0 bridgehead atoms. The van der Waals surface area contributed by atoms with Gasteiger partial charge in [0.05, 0.1) is 6.10 Å². The number of carbonyl (C=O) groups is 1. The average Bonchev–Trinajstić information content (AvgIpc) is 2.68. The lowest BCUT2D eigenvalue weighted by Gasteiger charge is -2.10. The summed E-state index contributed by atoms with van der Waals surface area (Å²) >= 11 is 0. The van der Waals surface area contributed by atoms with Crippen LogP contribution >= 0.6 is 0 Å². The molecule has 0 unspecified atom stereocenters. The number of fused-ring (bicyclic) bond motifs is 1. The molecular weight excluding hydrogens is 226 g/mol. The van der Waals surface area contributed by atoms with E-state index in [1.165, 1.54) is 0 Å². The van der Waals surface area contributed by atoms with E-state index >= 15 is 0 Å². The quantitative estimate of drug-likeness (QED) is 0.808. The minimum atomic E-state index is 0.183. The number of rotatable bonds is 5. The van der Waals surface area contributed by atoms with Gasteiger partial charge in [-0.2, -0.15) is 0 Å². The molecule has 0 atom stereocenters. The summed E-state index contributed by atoms with van der Waals surface area (Å²) in [5.41, 5.74) is 1.15. The summed E-state index contributed by atoms with van der Waals surface area (Å²) < 4.78 is 7.77. The molecule has 18 heavy (non-hydrogen) atoms. The normalized spacial score (nSPS) is 11.1. The van der Waals surface area contributed by atoms with Gasteiger partial charge in [-0.25, -0.2) is 0 Å². The van der Waals surface area contributed by atoms with E-state index in [-0.39, 0.29) is 11.9 Å². The van der Waals surface area contributed by atoms with E-state index in [0.717, 1.165) is 23.2 Å². The first kappa shape index (κ1) is 12.7. The number of hydrogen-bond donors (Lipinski definition) is 0. The molecule has 1 aromatic heterocycles. The van der Waals surface area contributed by atoms with Gasteiger partial charge in [-0.3, -0.25) is 4.79 Å². The summed E-state index contributed by atoms with van der Waals surface area (Å²) in [7, 11) is 0. The predicted molar refractivity (Wildman–Crippen MR) is 73.0 cm³/mol. The van der Waals surface area contributed by atoms with E-state index in [1.54, 1.807) is 6.92 Å². The second kappa shape index (κ2) is 5.25. The molecule has 3 nitrogen and oxygen atoms in total. The van der Waals surface area contributed by atoms with E-state index in [4.69, 9.17) is 4.74 Å². The lowest BCUT2D eigenvalue weighted by atomic mass is 10.2. The lowest BCUT2D eigenvalue weighted by Crippen LogP contribution is -2.05. The molecule has 1 aromatic carbocycles. The fraction of sp³-hybridized carbons (Fsp3) is 0.400. The van der Waals surface area contributed by atoms with Crippen molar-refractivity contribution in [1.29, 1.82) is 0 Å². The van der Waals surface area contributed by atoms with Crippen LogP contribution in [0.15, 0.2) is 30.5 Å². The average molecular weight is 245 g/mol. The molecule has 0 aliphatic carbocycles. The van der Waals surface area contributed by atoms with Crippen LogP contribution in [0, 0.1) is 0 Å². The minimum absolute atomic E-state index is 0.183. The number of benzene rings is 1. The van der Waals surface area contributed by atoms with Gasteiger partial charge in [0.2, 0.25) is 0 Å². The minimum Gasteiger partial charge on any atom is -0.491 e. The van der Waals surface area contributed by atoms with Gasteiger partial charge in [0.1, 0.15) is 11.5 Å². The topological polar surface area (TPSA) is 31.2 Å². The van der Waals surface area contributed by atoms with E-state index in [2.05, 4.69) is 10.6 Å². The molecule has 0 radical (unpaired) electrons. The van der Waals surface area contributed by atoms with Crippen LogP contribution in [0.3, 0.4) is 0 Å². The zero-order valence-electron chi connectivity index (χ0n) is 11.1. The first-order valence-electron chi connectivity index (χ1n) is 6.31. The Bertz CT molecular complexity index is 555. The van der Waals surface area contributed by atoms with Crippen molar-refractivity contribution in [3.8, 4) is 5.75 Å². The number of ether oxygens (including phenoxy) is 1. The van der Waals surface area contributed by atoms with Gasteiger partial charge in [0.25, 0.3) is 0 Å². The van der Waals surface area contributed by atoms with Crippen LogP contribution in [0.2, 0.25) is 0 Å². The first-order valence-corrected chi connectivity index (χ1v) is 6.31. The fourth-order valence-corrected chi connectivity index (χ4v) is 2.00. The van der Waals surface area contributed by atoms with Crippen molar-refractivity contribution in [1.82, 2.24) is 4.57 Å². The monoisotopic (exact) mass is 245 g/mol. The molecule has 3 heteroatoms. The van der Waals surface area contributed by atoms with Gasteiger partial charge in [-0.15, -0.1) is 0 Å². The number of ketones is 1. The molecule has 2 rings (SSSR count). The maximum atomic E-state index is 11.0. The maximum Gasteiger partial charge on any atom is 0.131 e. The molecular formula is C15H19NO2. The summed E-state index contributed by atoms with van der Waals surface area (Å²) in [4.78, 5) is 11.0. The molecule has 0 aliphatic heterocycles. The van der Waals surface area contributed by atoms with E-state index in [9.17, 15) is 4.79 Å². The van der Waals surface area contributed by atoms with Gasteiger partial charge in [-0.1, -0.05) is 0 Å². The Labute approximate surface area is 107 Å². The Hall–Kier alpha value is -1.77. The van der Waals surface area contributed by atoms with Crippen molar-refractivity contribution in [3.63, 3.8) is 0 Å². The van der Waals surface area contributed by atoms with Crippen LogP contribution in [0.25, 0.3) is 10.9 Å². The second-order valence-corrected chi connectivity index (χ2v) is 4.85. The number of carbonyl (C=O) groups excluding carboxylic acids is 1. The first-order chi connectivity index (χ1) is 8.56. The maximum absolute atomic E-state index is 11.0. The van der Waals surface area contributed by atoms with Gasteiger partial charge in [0, 0.05) is 30.1 Å². The standard InChI is InChI=1S/C15H19NO2/c1-11(2)18-14-4-5-15-13(10-14)7-9-16(15)8-6-12(3)17/h4-5,7,9-11H,6,8H2,1-3H3. The molecule has 0 aliphatic rings. The lowest BCUT2D eigenvalue weighted by molar-refractivity contribution is -0.117. The smallest absolute Gasteiger partial charge is 0.131 e. The summed E-state index contributed by atoms with van der Waals surface area (Å²) in [6.07, 6.45) is 2.78. The number of nitrogens with zero attached hydrogens (tertiary/aromatic N) is 1. The molecule has 2 aromatic rings. The van der Waals surface area contributed by atoms with Gasteiger partial charge < -0.3 is 9.30 Å². The molecule has 1 heterocycles. The van der Waals surface area contributed by atoms with Gasteiger partial charge >= 0.3 is 0 Å². The Morgan fingerprint density at radius 3 is 2.78 bits per heavy atom. The number of aryl methyl sites for hydroxylation is 1. The summed E-state index contributed by atoms with van der Waals surface area (Å²) in [6, 6.07) is 8.13. The summed E-state index contributed by atoms with van der Waals surface area (Å²) in [5, 5.41) is 1.15. The Morgan fingerprint density at radius 1 is 1.33 bits per heavy atom. The van der Waals surface area contributed by atoms with Crippen LogP contribution < -0.4 is 4.74 Å². The third kappa shape index (κ3) is 2.92. The highest BCUT2D eigenvalue weighted by atomic mass is 16.5. The van der Waals surface area contributed by atoms with E-state index < -0.39 is 0 Å². The van der Waals surface area contributed by atoms with Crippen LogP contribution in [-0.4, -0.2) is 16.5 Å². The number of aromatic nitrogens is 1. The highest BCUT2D eigenvalue weighted by molar-refractivity contribution is 5.82. The molecule has 0 saturated carbocycles. The molecule has 0 spiro atoms. The van der Waals surface area contributed by atoms with Crippen molar-refractivity contribution in [2.75, 3.05) is 0 Å². The van der Waals surface area contributed by atoms with Crippen LogP contribution in [-0.2, 0) is 11.3 Å². The van der Waals surface area contributed by atoms with Crippen molar-refractivity contribution in [2.45, 2.75) is 39.8 Å². The highest BCUT2D eigenvalue weighted by Crippen LogP contribution is 2.23. The molecule has 0 saturated heterocycles. The number of hydrogen-bond acceptors (Lipinski definition) is 2. The van der Waals surface area contributed by atoms with Crippen molar-refractivity contribution >= 4 is 16.7 Å². The Kier molecular flexibility index (Phi) is 3.70. The van der Waals surface area contributed by atoms with Crippen molar-refractivity contribution < 1.29 is 9.53 Å². The van der Waals surface area contributed by atoms with Crippen LogP contribution in [0.4, 0.5) is 0 Å².